The fourth-order valence-electron chi connectivity index (χ4n) is 3.41. The normalized spacial score (nSPS) is 14.9. The van der Waals surface area contributed by atoms with E-state index in [0.29, 0.717) is 18.8 Å². The first-order valence-corrected chi connectivity index (χ1v) is 9.19. The topological polar surface area (TPSA) is 65.5 Å². The van der Waals surface area contributed by atoms with Gasteiger partial charge in [-0.2, -0.15) is 0 Å². The molecule has 142 valence electrons. The Morgan fingerprint density at radius 3 is 2.19 bits per heavy atom. The third kappa shape index (κ3) is 4.34. The molecular formula is C21H26N4O2. The van der Waals surface area contributed by atoms with Gasteiger partial charge in [0.2, 0.25) is 0 Å². The number of aromatic nitrogens is 1. The molecule has 0 radical (unpaired) electrons. The number of carbonyl (C=O) groups excluding carboxylic acids is 2. The molecular weight excluding hydrogens is 340 g/mol. The maximum absolute atomic E-state index is 12.7. The first-order chi connectivity index (χ1) is 12.8. The molecule has 1 aromatic carbocycles. The van der Waals surface area contributed by atoms with Crippen molar-refractivity contribution < 1.29 is 9.59 Å². The lowest BCUT2D eigenvalue weighted by Crippen LogP contribution is -2.47. The van der Waals surface area contributed by atoms with Gasteiger partial charge in [0.05, 0.1) is 0 Å². The van der Waals surface area contributed by atoms with E-state index in [0.717, 1.165) is 35.5 Å². The van der Waals surface area contributed by atoms with Crippen LogP contribution in [0.4, 0.5) is 5.69 Å². The molecule has 1 aromatic heterocycles. The number of aryl methyl sites for hydroxylation is 3. The Labute approximate surface area is 160 Å². The van der Waals surface area contributed by atoms with Crippen LogP contribution in [-0.4, -0.2) is 59.8 Å². The SMILES string of the molecule is Cc1cc(C)c(NC(=O)c2cccc(C(=O)N3CCN(C)CC3)n2)c(C)c1. The fraction of sp³-hybridized carbons (Fsp3) is 0.381. The van der Waals surface area contributed by atoms with E-state index < -0.39 is 0 Å². The van der Waals surface area contributed by atoms with Crippen molar-refractivity contribution in [1.82, 2.24) is 14.8 Å². The molecule has 2 aromatic rings. The standard InChI is InChI=1S/C21H26N4O2/c1-14-12-15(2)19(16(3)13-14)23-20(26)17-6-5-7-18(22-17)21(27)25-10-8-24(4)9-11-25/h5-7,12-13H,8-11H2,1-4H3,(H,23,26). The van der Waals surface area contributed by atoms with Crippen molar-refractivity contribution in [3.8, 4) is 0 Å². The van der Waals surface area contributed by atoms with E-state index in [9.17, 15) is 9.59 Å². The summed E-state index contributed by atoms with van der Waals surface area (Å²) >= 11 is 0. The lowest BCUT2D eigenvalue weighted by molar-refractivity contribution is 0.0658. The van der Waals surface area contributed by atoms with Crippen molar-refractivity contribution in [2.45, 2.75) is 20.8 Å². The lowest BCUT2D eigenvalue weighted by atomic mass is 10.0. The quantitative estimate of drug-likeness (QED) is 0.907. The summed E-state index contributed by atoms with van der Waals surface area (Å²) in [5.74, 6) is -0.432. The van der Waals surface area contributed by atoms with Crippen molar-refractivity contribution >= 4 is 17.5 Å². The highest BCUT2D eigenvalue weighted by atomic mass is 16.2. The van der Waals surface area contributed by atoms with E-state index in [-0.39, 0.29) is 17.5 Å². The number of carbonyl (C=O) groups is 2. The number of amides is 2. The summed E-state index contributed by atoms with van der Waals surface area (Å²) in [7, 11) is 2.04. The van der Waals surface area contributed by atoms with Crippen LogP contribution in [0.25, 0.3) is 0 Å². The van der Waals surface area contributed by atoms with E-state index >= 15 is 0 Å². The molecule has 2 heterocycles. The van der Waals surface area contributed by atoms with Crippen molar-refractivity contribution in [2.24, 2.45) is 0 Å². The van der Waals surface area contributed by atoms with Crippen LogP contribution in [0.3, 0.4) is 0 Å². The molecule has 0 spiro atoms. The van der Waals surface area contributed by atoms with Gasteiger partial charge in [-0.3, -0.25) is 9.59 Å². The van der Waals surface area contributed by atoms with Crippen molar-refractivity contribution in [2.75, 3.05) is 38.5 Å². The van der Waals surface area contributed by atoms with Crippen molar-refractivity contribution in [1.29, 1.82) is 0 Å². The highest BCUT2D eigenvalue weighted by molar-refractivity contribution is 6.04. The van der Waals surface area contributed by atoms with Gasteiger partial charge in [0, 0.05) is 31.9 Å². The molecule has 0 unspecified atom stereocenters. The molecule has 1 N–H and O–H groups in total. The molecule has 6 heteroatoms. The number of rotatable bonds is 3. The molecule has 1 aliphatic heterocycles. The number of hydrogen-bond donors (Lipinski definition) is 1. The van der Waals surface area contributed by atoms with E-state index in [4.69, 9.17) is 0 Å². The minimum atomic E-state index is -0.307. The lowest BCUT2D eigenvalue weighted by Gasteiger charge is -2.32. The minimum absolute atomic E-state index is 0.125. The maximum atomic E-state index is 12.7. The Hall–Kier alpha value is -2.73. The molecule has 0 atom stereocenters. The van der Waals surface area contributed by atoms with Crippen LogP contribution < -0.4 is 5.32 Å². The van der Waals surface area contributed by atoms with Gasteiger partial charge in [0.15, 0.2) is 0 Å². The smallest absolute Gasteiger partial charge is 0.274 e. The van der Waals surface area contributed by atoms with Crippen LogP contribution in [-0.2, 0) is 0 Å². The van der Waals surface area contributed by atoms with Crippen molar-refractivity contribution in [3.63, 3.8) is 0 Å². The molecule has 2 amide bonds. The molecule has 6 nitrogen and oxygen atoms in total. The molecule has 1 aliphatic rings. The number of anilines is 1. The summed E-state index contributed by atoms with van der Waals surface area (Å²) in [6.45, 7) is 9.01. The molecule has 1 fully saturated rings. The second-order valence-electron chi connectivity index (χ2n) is 7.23. The van der Waals surface area contributed by atoms with Crippen LogP contribution in [0.2, 0.25) is 0 Å². The Bertz CT molecular complexity index is 847. The number of benzene rings is 1. The predicted octanol–water partition coefficient (Wildman–Crippen LogP) is 2.65. The second-order valence-corrected chi connectivity index (χ2v) is 7.23. The molecule has 27 heavy (non-hydrogen) atoms. The zero-order chi connectivity index (χ0) is 19.6. The monoisotopic (exact) mass is 366 g/mol. The van der Waals surface area contributed by atoms with E-state index in [1.807, 2.05) is 40.0 Å². The highest BCUT2D eigenvalue weighted by Crippen LogP contribution is 2.22. The fourth-order valence-corrected chi connectivity index (χ4v) is 3.41. The molecule has 3 rings (SSSR count). The van der Waals surface area contributed by atoms with Crippen LogP contribution in [0, 0.1) is 20.8 Å². The predicted molar refractivity (Wildman–Crippen MR) is 106 cm³/mol. The van der Waals surface area contributed by atoms with Gasteiger partial charge >= 0.3 is 0 Å². The van der Waals surface area contributed by atoms with E-state index in [1.54, 1.807) is 23.1 Å². The number of nitrogens with one attached hydrogen (secondary N) is 1. The molecule has 0 aliphatic carbocycles. The van der Waals surface area contributed by atoms with Gasteiger partial charge in [0.1, 0.15) is 11.4 Å². The van der Waals surface area contributed by atoms with Crippen LogP contribution in [0.1, 0.15) is 37.7 Å². The molecule has 1 saturated heterocycles. The highest BCUT2D eigenvalue weighted by Gasteiger charge is 2.22. The summed E-state index contributed by atoms with van der Waals surface area (Å²) in [5.41, 5.74) is 4.51. The number of pyridine rings is 1. The Balaban J connectivity index is 1.77. The van der Waals surface area contributed by atoms with Gasteiger partial charge < -0.3 is 15.1 Å². The van der Waals surface area contributed by atoms with Crippen molar-refractivity contribution in [3.05, 3.63) is 58.4 Å². The second kappa shape index (κ2) is 7.88. The van der Waals surface area contributed by atoms with Gasteiger partial charge in [-0.05, 0) is 51.1 Å². The summed E-state index contributed by atoms with van der Waals surface area (Å²) in [6, 6.07) is 9.07. The van der Waals surface area contributed by atoms with Gasteiger partial charge in [0.25, 0.3) is 11.8 Å². The zero-order valence-electron chi connectivity index (χ0n) is 16.4. The average molecular weight is 366 g/mol. The number of piperazine rings is 1. The average Bonchev–Trinajstić information content (AvgIpc) is 2.64. The minimum Gasteiger partial charge on any atom is -0.335 e. The van der Waals surface area contributed by atoms with Crippen LogP contribution in [0.15, 0.2) is 30.3 Å². The third-order valence-corrected chi connectivity index (χ3v) is 4.91. The first-order valence-electron chi connectivity index (χ1n) is 9.19. The van der Waals surface area contributed by atoms with Gasteiger partial charge in [-0.1, -0.05) is 23.8 Å². The Morgan fingerprint density at radius 1 is 0.963 bits per heavy atom. The zero-order valence-corrected chi connectivity index (χ0v) is 16.4. The summed E-state index contributed by atoms with van der Waals surface area (Å²) in [6.07, 6.45) is 0. The number of nitrogens with zero attached hydrogens (tertiary/aromatic N) is 3. The van der Waals surface area contributed by atoms with Gasteiger partial charge in [-0.25, -0.2) is 4.98 Å². The third-order valence-electron chi connectivity index (χ3n) is 4.91. The summed E-state index contributed by atoms with van der Waals surface area (Å²) in [4.78, 5) is 33.7. The molecule has 0 saturated carbocycles. The van der Waals surface area contributed by atoms with Crippen LogP contribution >= 0.6 is 0 Å². The van der Waals surface area contributed by atoms with Crippen LogP contribution in [0.5, 0.6) is 0 Å². The van der Waals surface area contributed by atoms with Gasteiger partial charge in [-0.15, -0.1) is 0 Å². The summed E-state index contributed by atoms with van der Waals surface area (Å²) in [5, 5.41) is 2.94. The maximum Gasteiger partial charge on any atom is 0.274 e. The van der Waals surface area contributed by atoms with E-state index in [1.165, 1.54) is 0 Å². The Kier molecular flexibility index (Phi) is 5.56. The number of hydrogen-bond acceptors (Lipinski definition) is 4. The summed E-state index contributed by atoms with van der Waals surface area (Å²) < 4.78 is 0. The largest absolute Gasteiger partial charge is 0.335 e. The molecule has 0 bridgehead atoms. The first kappa shape index (κ1) is 19.0. The Morgan fingerprint density at radius 2 is 1.56 bits per heavy atom. The number of likely N-dealkylation sites (N-methyl/N-ethyl adjacent to an activating group) is 1. The van der Waals surface area contributed by atoms with E-state index in [2.05, 4.69) is 15.2 Å².